The number of carbonyl (C=O) groups is 1. The standard InChI is InChI=1S/C18H20N4O/c1-11-6-4-5-7-12(11)16-15-13(8-18(2,3)9-14(15)23)21-17-19-10-20-22(16)17/h4-7,10,16H,8-9H2,1-3H3,(H,19,20,21). The maximum Gasteiger partial charge on any atom is 0.226 e. The summed E-state index contributed by atoms with van der Waals surface area (Å²) < 4.78 is 1.83. The number of aryl methyl sites for hydroxylation is 1. The van der Waals surface area contributed by atoms with Gasteiger partial charge in [-0.05, 0) is 29.9 Å². The smallest absolute Gasteiger partial charge is 0.226 e. The van der Waals surface area contributed by atoms with Crippen LogP contribution in [0.4, 0.5) is 5.95 Å². The molecule has 5 heteroatoms. The fourth-order valence-corrected chi connectivity index (χ4v) is 3.73. The number of hydrogen-bond acceptors (Lipinski definition) is 4. The maximum atomic E-state index is 12.9. The highest BCUT2D eigenvalue weighted by Crippen LogP contribution is 2.45. The summed E-state index contributed by atoms with van der Waals surface area (Å²) in [5.74, 6) is 0.917. The van der Waals surface area contributed by atoms with Gasteiger partial charge in [-0.1, -0.05) is 38.1 Å². The number of carbonyl (C=O) groups excluding carboxylic acids is 1. The first-order valence-corrected chi connectivity index (χ1v) is 7.94. The van der Waals surface area contributed by atoms with Gasteiger partial charge in [-0.15, -0.1) is 0 Å². The summed E-state index contributed by atoms with van der Waals surface area (Å²) in [4.78, 5) is 17.2. The van der Waals surface area contributed by atoms with E-state index in [0.29, 0.717) is 12.4 Å². The Balaban J connectivity index is 1.94. The molecule has 1 aromatic carbocycles. The number of Topliss-reactive ketones (excluding diaryl/α,β-unsaturated/α-hetero) is 1. The van der Waals surface area contributed by atoms with Crippen molar-refractivity contribution in [1.29, 1.82) is 0 Å². The Labute approximate surface area is 135 Å². The van der Waals surface area contributed by atoms with Crippen LogP contribution in [0.5, 0.6) is 0 Å². The van der Waals surface area contributed by atoms with Crippen LogP contribution in [0.2, 0.25) is 0 Å². The first kappa shape index (κ1) is 14.2. The van der Waals surface area contributed by atoms with Crippen LogP contribution in [0, 0.1) is 12.3 Å². The van der Waals surface area contributed by atoms with Crippen molar-refractivity contribution in [3.63, 3.8) is 0 Å². The van der Waals surface area contributed by atoms with Gasteiger partial charge in [-0.2, -0.15) is 10.1 Å². The fourth-order valence-electron chi connectivity index (χ4n) is 3.73. The molecular formula is C18H20N4O. The Morgan fingerprint density at radius 2 is 2.04 bits per heavy atom. The Bertz CT molecular complexity index is 831. The summed E-state index contributed by atoms with van der Waals surface area (Å²) in [6.45, 7) is 6.35. The number of nitrogens with one attached hydrogen (secondary N) is 1. The van der Waals surface area contributed by atoms with Crippen LogP contribution in [0.15, 0.2) is 41.9 Å². The number of rotatable bonds is 1. The van der Waals surface area contributed by atoms with Crippen molar-refractivity contribution < 1.29 is 4.79 Å². The second-order valence-electron chi connectivity index (χ2n) is 7.25. The van der Waals surface area contributed by atoms with Gasteiger partial charge in [-0.25, -0.2) is 4.68 Å². The van der Waals surface area contributed by atoms with E-state index in [1.165, 1.54) is 0 Å². The second-order valence-corrected chi connectivity index (χ2v) is 7.25. The molecule has 2 heterocycles. The van der Waals surface area contributed by atoms with Crippen molar-refractivity contribution in [3.8, 4) is 0 Å². The molecular weight excluding hydrogens is 288 g/mol. The van der Waals surface area contributed by atoms with Crippen LogP contribution in [-0.4, -0.2) is 20.5 Å². The lowest BCUT2D eigenvalue weighted by Crippen LogP contribution is -2.36. The number of allylic oxidation sites excluding steroid dienone is 2. The lowest BCUT2D eigenvalue weighted by Gasteiger charge is -2.38. The van der Waals surface area contributed by atoms with Gasteiger partial charge in [0.05, 0.1) is 0 Å². The number of nitrogens with zero attached hydrogens (tertiary/aromatic N) is 3. The molecule has 0 saturated heterocycles. The molecule has 1 unspecified atom stereocenters. The summed E-state index contributed by atoms with van der Waals surface area (Å²) in [6.07, 6.45) is 2.96. The van der Waals surface area contributed by atoms with Crippen LogP contribution in [-0.2, 0) is 4.79 Å². The SMILES string of the molecule is Cc1ccccc1C1C2=C(CC(C)(C)CC2=O)Nc2ncnn21. The summed E-state index contributed by atoms with van der Waals surface area (Å²) in [5.41, 5.74) is 4.09. The summed E-state index contributed by atoms with van der Waals surface area (Å²) in [7, 11) is 0. The minimum absolute atomic E-state index is 0.0264. The van der Waals surface area contributed by atoms with Crippen LogP contribution < -0.4 is 5.32 Å². The van der Waals surface area contributed by atoms with Gasteiger partial charge in [0.15, 0.2) is 5.78 Å². The molecule has 2 aliphatic rings. The average Bonchev–Trinajstić information content (AvgIpc) is 2.92. The maximum absolute atomic E-state index is 12.9. The molecule has 1 aliphatic carbocycles. The van der Waals surface area contributed by atoms with Crippen LogP contribution in [0.25, 0.3) is 0 Å². The molecule has 2 aromatic rings. The van der Waals surface area contributed by atoms with Gasteiger partial charge < -0.3 is 5.32 Å². The molecule has 1 atom stereocenters. The van der Waals surface area contributed by atoms with E-state index in [4.69, 9.17) is 0 Å². The van der Waals surface area contributed by atoms with Gasteiger partial charge >= 0.3 is 0 Å². The molecule has 0 saturated carbocycles. The van der Waals surface area contributed by atoms with Crippen LogP contribution in [0.3, 0.4) is 0 Å². The highest BCUT2D eigenvalue weighted by molar-refractivity contribution is 6.00. The zero-order chi connectivity index (χ0) is 16.2. The number of benzene rings is 1. The van der Waals surface area contributed by atoms with Gasteiger partial charge in [0.1, 0.15) is 12.4 Å². The molecule has 23 heavy (non-hydrogen) atoms. The van der Waals surface area contributed by atoms with Gasteiger partial charge in [0.2, 0.25) is 5.95 Å². The summed E-state index contributed by atoms with van der Waals surface area (Å²) >= 11 is 0. The first-order valence-electron chi connectivity index (χ1n) is 7.94. The molecule has 0 bridgehead atoms. The Morgan fingerprint density at radius 1 is 1.26 bits per heavy atom. The van der Waals surface area contributed by atoms with E-state index in [1.807, 2.05) is 16.8 Å². The number of hydrogen-bond donors (Lipinski definition) is 1. The third-order valence-electron chi connectivity index (χ3n) is 4.76. The van der Waals surface area contributed by atoms with Gasteiger partial charge in [0, 0.05) is 17.7 Å². The van der Waals surface area contributed by atoms with Crippen molar-refractivity contribution in [3.05, 3.63) is 53.0 Å². The van der Waals surface area contributed by atoms with E-state index in [2.05, 4.69) is 48.3 Å². The Kier molecular flexibility index (Phi) is 2.95. The van der Waals surface area contributed by atoms with E-state index in [-0.39, 0.29) is 17.2 Å². The number of fused-ring (bicyclic) bond motifs is 1. The molecule has 0 radical (unpaired) electrons. The Hall–Kier alpha value is -2.43. The topological polar surface area (TPSA) is 59.8 Å². The van der Waals surface area contributed by atoms with E-state index in [1.54, 1.807) is 6.33 Å². The quantitative estimate of drug-likeness (QED) is 0.878. The lowest BCUT2D eigenvalue weighted by molar-refractivity contribution is -0.118. The lowest BCUT2D eigenvalue weighted by atomic mass is 9.73. The summed E-state index contributed by atoms with van der Waals surface area (Å²) in [6, 6.07) is 8.00. The van der Waals surface area contributed by atoms with Gasteiger partial charge in [0.25, 0.3) is 0 Å². The molecule has 1 aromatic heterocycles. The van der Waals surface area contributed by atoms with Crippen molar-refractivity contribution in [2.45, 2.75) is 39.7 Å². The Morgan fingerprint density at radius 3 is 2.83 bits per heavy atom. The van der Waals surface area contributed by atoms with Crippen molar-refractivity contribution >= 4 is 11.7 Å². The zero-order valence-corrected chi connectivity index (χ0v) is 13.6. The third-order valence-corrected chi connectivity index (χ3v) is 4.76. The molecule has 5 nitrogen and oxygen atoms in total. The highest BCUT2D eigenvalue weighted by atomic mass is 16.1. The minimum atomic E-state index is -0.187. The number of anilines is 1. The first-order chi connectivity index (χ1) is 11.0. The number of ketones is 1. The second kappa shape index (κ2) is 4.78. The molecule has 4 rings (SSSR count). The van der Waals surface area contributed by atoms with Crippen molar-refractivity contribution in [1.82, 2.24) is 14.8 Å². The summed E-state index contributed by atoms with van der Waals surface area (Å²) in [5, 5.41) is 7.71. The van der Waals surface area contributed by atoms with E-state index < -0.39 is 0 Å². The van der Waals surface area contributed by atoms with Crippen molar-refractivity contribution in [2.75, 3.05) is 5.32 Å². The predicted octanol–water partition coefficient (Wildman–Crippen LogP) is 3.24. The monoisotopic (exact) mass is 308 g/mol. The van der Waals surface area contributed by atoms with E-state index in [0.717, 1.165) is 28.8 Å². The molecule has 1 N–H and O–H groups in total. The molecule has 118 valence electrons. The molecule has 1 aliphatic heterocycles. The van der Waals surface area contributed by atoms with Crippen molar-refractivity contribution in [2.24, 2.45) is 5.41 Å². The van der Waals surface area contributed by atoms with Crippen LogP contribution >= 0.6 is 0 Å². The van der Waals surface area contributed by atoms with E-state index in [9.17, 15) is 4.79 Å². The minimum Gasteiger partial charge on any atom is -0.328 e. The fraction of sp³-hybridized carbons (Fsp3) is 0.389. The third kappa shape index (κ3) is 2.19. The van der Waals surface area contributed by atoms with Gasteiger partial charge in [-0.3, -0.25) is 4.79 Å². The number of aromatic nitrogens is 3. The zero-order valence-electron chi connectivity index (χ0n) is 13.6. The normalized spacial score (nSPS) is 22.4. The molecule has 0 amide bonds. The highest BCUT2D eigenvalue weighted by Gasteiger charge is 2.41. The van der Waals surface area contributed by atoms with E-state index >= 15 is 0 Å². The molecule has 0 spiro atoms. The molecule has 0 fully saturated rings. The van der Waals surface area contributed by atoms with Crippen LogP contribution in [0.1, 0.15) is 43.9 Å². The largest absolute Gasteiger partial charge is 0.328 e. The average molecular weight is 308 g/mol. The predicted molar refractivity (Wildman–Crippen MR) is 88.0 cm³/mol.